The van der Waals surface area contributed by atoms with Crippen LogP contribution in [-0.2, 0) is 21.2 Å². The third kappa shape index (κ3) is 5.87. The summed E-state index contributed by atoms with van der Waals surface area (Å²) in [5.74, 6) is -0.470. The number of nitrogens with zero attached hydrogens (tertiary/aromatic N) is 1. The summed E-state index contributed by atoms with van der Waals surface area (Å²) in [6, 6.07) is 11.0. The van der Waals surface area contributed by atoms with Crippen molar-refractivity contribution < 1.29 is 13.2 Å². The lowest BCUT2D eigenvalue weighted by molar-refractivity contribution is -0.116. The number of hydrogen-bond acceptors (Lipinski definition) is 3. The minimum absolute atomic E-state index is 0.161. The fourth-order valence-corrected chi connectivity index (χ4v) is 4.42. The van der Waals surface area contributed by atoms with Crippen molar-refractivity contribution in [2.24, 2.45) is 0 Å². The number of rotatable bonds is 8. The summed E-state index contributed by atoms with van der Waals surface area (Å²) in [4.78, 5) is 12.7. The molecule has 0 aliphatic heterocycles. The lowest BCUT2D eigenvalue weighted by Gasteiger charge is -2.29. The molecule has 5 nitrogen and oxygen atoms in total. The van der Waals surface area contributed by atoms with E-state index in [9.17, 15) is 13.2 Å². The first-order chi connectivity index (χ1) is 13.1. The van der Waals surface area contributed by atoms with E-state index in [4.69, 9.17) is 23.2 Å². The maximum atomic E-state index is 12.7. The summed E-state index contributed by atoms with van der Waals surface area (Å²) in [6.45, 7) is 3.64. The zero-order chi connectivity index (χ0) is 20.9. The maximum Gasteiger partial charge on any atom is 0.247 e. The third-order valence-electron chi connectivity index (χ3n) is 4.27. The van der Waals surface area contributed by atoms with Crippen molar-refractivity contribution in [1.82, 2.24) is 0 Å². The van der Waals surface area contributed by atoms with Crippen LogP contribution < -0.4 is 9.62 Å². The minimum Gasteiger partial charge on any atom is -0.324 e. The number of carbonyl (C=O) groups is 1. The normalized spacial score (nSPS) is 12.5. The van der Waals surface area contributed by atoms with Gasteiger partial charge in [-0.15, -0.1) is 0 Å². The van der Waals surface area contributed by atoms with Crippen molar-refractivity contribution in [3.8, 4) is 0 Å². The van der Waals surface area contributed by atoms with Gasteiger partial charge in [-0.2, -0.15) is 0 Å². The number of anilines is 2. The van der Waals surface area contributed by atoms with E-state index in [-0.39, 0.29) is 10.7 Å². The van der Waals surface area contributed by atoms with E-state index in [1.807, 2.05) is 24.3 Å². The van der Waals surface area contributed by atoms with Crippen molar-refractivity contribution in [3.05, 3.63) is 58.1 Å². The number of sulfonamides is 1. The molecule has 2 rings (SSSR count). The zero-order valence-corrected chi connectivity index (χ0v) is 18.4. The number of unbranched alkanes of at least 4 members (excludes halogenated alkanes) is 1. The number of halogens is 2. The van der Waals surface area contributed by atoms with Crippen molar-refractivity contribution in [3.63, 3.8) is 0 Å². The third-order valence-corrected chi connectivity index (χ3v) is 6.06. The largest absolute Gasteiger partial charge is 0.324 e. The van der Waals surface area contributed by atoms with Gasteiger partial charge < -0.3 is 5.32 Å². The molecule has 0 saturated carbocycles. The number of aryl methyl sites for hydroxylation is 1. The second-order valence-corrected chi connectivity index (χ2v) is 9.32. The van der Waals surface area contributed by atoms with Gasteiger partial charge in [0.2, 0.25) is 15.9 Å². The van der Waals surface area contributed by atoms with Gasteiger partial charge in [0, 0.05) is 10.7 Å². The highest BCUT2D eigenvalue weighted by Gasteiger charge is 2.30. The van der Waals surface area contributed by atoms with Gasteiger partial charge in [-0.05, 0) is 55.7 Å². The van der Waals surface area contributed by atoms with E-state index in [0.717, 1.165) is 29.8 Å². The van der Waals surface area contributed by atoms with Gasteiger partial charge >= 0.3 is 0 Å². The fourth-order valence-electron chi connectivity index (χ4n) is 2.82. The number of benzene rings is 2. The number of amides is 1. The summed E-state index contributed by atoms with van der Waals surface area (Å²) in [7, 11) is -3.78. The number of hydrogen-bond donors (Lipinski definition) is 1. The van der Waals surface area contributed by atoms with Gasteiger partial charge in [-0.1, -0.05) is 48.7 Å². The van der Waals surface area contributed by atoms with E-state index in [1.165, 1.54) is 24.6 Å². The molecule has 1 unspecified atom stereocenters. The van der Waals surface area contributed by atoms with Crippen molar-refractivity contribution >= 4 is 50.5 Å². The highest BCUT2D eigenvalue weighted by atomic mass is 35.5. The summed E-state index contributed by atoms with van der Waals surface area (Å²) >= 11 is 12.2. The predicted molar refractivity (Wildman–Crippen MR) is 117 cm³/mol. The molecule has 0 aliphatic carbocycles. The molecule has 0 spiro atoms. The molecule has 0 aromatic heterocycles. The minimum atomic E-state index is -3.78. The van der Waals surface area contributed by atoms with Gasteiger partial charge in [0.05, 0.1) is 17.0 Å². The standard InChI is InChI=1S/C20H24Cl2N2O3S/c1-4-5-6-15-7-10-17(11-8-15)23-20(25)14(2)24(28(3,26)27)19-13-16(21)9-12-18(19)22/h7-14H,4-6H2,1-3H3,(H,23,25). The molecule has 0 radical (unpaired) electrons. The molecule has 2 aromatic carbocycles. The van der Waals surface area contributed by atoms with Crippen LogP contribution in [0.5, 0.6) is 0 Å². The Kier molecular flexibility index (Phi) is 7.75. The highest BCUT2D eigenvalue weighted by Crippen LogP contribution is 2.32. The lowest BCUT2D eigenvalue weighted by atomic mass is 10.1. The first-order valence-electron chi connectivity index (χ1n) is 8.97. The molecule has 152 valence electrons. The Balaban J connectivity index is 2.23. The van der Waals surface area contributed by atoms with E-state index >= 15 is 0 Å². The number of nitrogens with one attached hydrogen (secondary N) is 1. The van der Waals surface area contributed by atoms with Gasteiger partial charge in [0.15, 0.2) is 0 Å². The first kappa shape index (κ1) is 22.5. The molecular formula is C20H24Cl2N2O3S. The van der Waals surface area contributed by atoms with Crippen molar-refractivity contribution in [2.45, 2.75) is 39.2 Å². The Morgan fingerprint density at radius 1 is 1.14 bits per heavy atom. The molecule has 1 atom stereocenters. The van der Waals surface area contributed by atoms with Crippen molar-refractivity contribution in [1.29, 1.82) is 0 Å². The van der Waals surface area contributed by atoms with Crippen LogP contribution in [-0.4, -0.2) is 26.6 Å². The Labute approximate surface area is 176 Å². The molecule has 8 heteroatoms. The first-order valence-corrected chi connectivity index (χ1v) is 11.6. The predicted octanol–water partition coefficient (Wildman–Crippen LogP) is 5.13. The van der Waals surface area contributed by atoms with Gasteiger partial charge in [0.25, 0.3) is 0 Å². The van der Waals surface area contributed by atoms with Crippen LogP contribution >= 0.6 is 23.2 Å². The quantitative estimate of drug-likeness (QED) is 0.615. The SMILES string of the molecule is CCCCc1ccc(NC(=O)C(C)N(c2cc(Cl)ccc2Cl)S(C)(=O)=O)cc1. The average Bonchev–Trinajstić information content (AvgIpc) is 2.63. The molecule has 2 aromatic rings. The molecule has 1 amide bonds. The smallest absolute Gasteiger partial charge is 0.247 e. The van der Waals surface area contributed by atoms with Gasteiger partial charge in [-0.3, -0.25) is 9.10 Å². The second kappa shape index (κ2) is 9.63. The highest BCUT2D eigenvalue weighted by molar-refractivity contribution is 7.92. The summed E-state index contributed by atoms with van der Waals surface area (Å²) in [5, 5.41) is 3.27. The van der Waals surface area contributed by atoms with Gasteiger partial charge in [0.1, 0.15) is 6.04 Å². The van der Waals surface area contributed by atoms with E-state index in [0.29, 0.717) is 10.7 Å². The molecule has 28 heavy (non-hydrogen) atoms. The average molecular weight is 443 g/mol. The molecule has 0 saturated heterocycles. The van der Waals surface area contributed by atoms with Crippen LogP contribution in [0.25, 0.3) is 0 Å². The molecule has 0 aliphatic rings. The van der Waals surface area contributed by atoms with Crippen LogP contribution in [0.4, 0.5) is 11.4 Å². The maximum absolute atomic E-state index is 12.7. The summed E-state index contributed by atoms with van der Waals surface area (Å²) in [6.07, 6.45) is 4.22. The molecular weight excluding hydrogens is 419 g/mol. The van der Waals surface area contributed by atoms with Crippen LogP contribution in [0, 0.1) is 0 Å². The van der Waals surface area contributed by atoms with Crippen LogP contribution in [0.15, 0.2) is 42.5 Å². The van der Waals surface area contributed by atoms with E-state index in [2.05, 4.69) is 12.2 Å². The summed E-state index contributed by atoms with van der Waals surface area (Å²) in [5.41, 5.74) is 1.95. The van der Waals surface area contributed by atoms with E-state index < -0.39 is 22.0 Å². The Hall–Kier alpha value is -1.76. The Morgan fingerprint density at radius 3 is 2.36 bits per heavy atom. The monoisotopic (exact) mass is 442 g/mol. The molecule has 0 heterocycles. The fraction of sp³-hybridized carbons (Fsp3) is 0.350. The molecule has 1 N–H and O–H groups in total. The second-order valence-electron chi connectivity index (χ2n) is 6.62. The zero-order valence-electron chi connectivity index (χ0n) is 16.1. The van der Waals surface area contributed by atoms with E-state index in [1.54, 1.807) is 6.07 Å². The Morgan fingerprint density at radius 2 is 1.79 bits per heavy atom. The lowest BCUT2D eigenvalue weighted by Crippen LogP contribution is -2.45. The van der Waals surface area contributed by atoms with Crippen LogP contribution in [0.3, 0.4) is 0 Å². The van der Waals surface area contributed by atoms with Crippen molar-refractivity contribution in [2.75, 3.05) is 15.9 Å². The van der Waals surface area contributed by atoms with Crippen LogP contribution in [0.2, 0.25) is 10.0 Å². The molecule has 0 bridgehead atoms. The van der Waals surface area contributed by atoms with Gasteiger partial charge in [-0.25, -0.2) is 8.42 Å². The summed E-state index contributed by atoms with van der Waals surface area (Å²) < 4.78 is 25.7. The van der Waals surface area contributed by atoms with Crippen LogP contribution in [0.1, 0.15) is 32.3 Å². The Bertz CT molecular complexity index is 931. The topological polar surface area (TPSA) is 66.5 Å². The number of carbonyl (C=O) groups excluding carboxylic acids is 1. The molecule has 0 fully saturated rings.